The Morgan fingerprint density at radius 1 is 1.35 bits per heavy atom. The molecule has 7 nitrogen and oxygen atoms in total. The number of ether oxygens (including phenoxy) is 1. The summed E-state index contributed by atoms with van der Waals surface area (Å²) in [4.78, 5) is 17.3. The number of amidine groups is 2. The SMILES string of the molecule is O=[N+]([O-])c1ccc(COC2(Cl)N=C(Cl)N=C(Cl)[N-]2)cc1. The van der Waals surface area contributed by atoms with Gasteiger partial charge in [-0.2, -0.15) is 0 Å². The number of non-ortho nitro benzene ring substituents is 1. The van der Waals surface area contributed by atoms with E-state index in [1.165, 1.54) is 24.3 Å². The molecule has 0 saturated heterocycles. The zero-order chi connectivity index (χ0) is 14.8. The van der Waals surface area contributed by atoms with Crippen molar-refractivity contribution in [2.45, 2.75) is 11.9 Å². The summed E-state index contributed by atoms with van der Waals surface area (Å²) >= 11 is 17.2. The second-order valence-corrected chi connectivity index (χ2v) is 4.78. The molecule has 0 N–H and O–H groups in total. The molecule has 0 fully saturated rings. The second kappa shape index (κ2) is 5.92. The summed E-state index contributed by atoms with van der Waals surface area (Å²) in [5.41, 5.74) is 0.628. The maximum atomic E-state index is 10.5. The summed E-state index contributed by atoms with van der Waals surface area (Å²) in [7, 11) is 0. The highest BCUT2D eigenvalue weighted by atomic mass is 35.5. The average Bonchev–Trinajstić information content (AvgIpc) is 2.35. The Bertz CT molecular complexity index is 590. The summed E-state index contributed by atoms with van der Waals surface area (Å²) < 4.78 is 5.29. The number of hydrogen-bond donors (Lipinski definition) is 0. The Kier molecular flexibility index (Phi) is 4.44. The Balaban J connectivity index is 2.02. The fourth-order valence-corrected chi connectivity index (χ4v) is 2.07. The van der Waals surface area contributed by atoms with Gasteiger partial charge in [0.25, 0.3) is 11.0 Å². The molecule has 1 heterocycles. The van der Waals surface area contributed by atoms with Crippen LogP contribution in [0.5, 0.6) is 0 Å². The van der Waals surface area contributed by atoms with E-state index in [1.807, 2.05) is 0 Å². The van der Waals surface area contributed by atoms with E-state index in [0.717, 1.165) is 0 Å². The maximum absolute atomic E-state index is 10.5. The minimum atomic E-state index is -1.78. The molecule has 0 radical (unpaired) electrons. The van der Waals surface area contributed by atoms with E-state index in [4.69, 9.17) is 39.5 Å². The maximum Gasteiger partial charge on any atom is 0.269 e. The van der Waals surface area contributed by atoms with Gasteiger partial charge in [0, 0.05) is 17.4 Å². The van der Waals surface area contributed by atoms with Crippen LogP contribution in [0.2, 0.25) is 0 Å². The number of nitro groups is 1. The fourth-order valence-electron chi connectivity index (χ4n) is 1.33. The van der Waals surface area contributed by atoms with Crippen LogP contribution in [-0.4, -0.2) is 20.8 Å². The average molecular weight is 337 g/mol. The molecule has 1 aliphatic heterocycles. The molecule has 20 heavy (non-hydrogen) atoms. The van der Waals surface area contributed by atoms with E-state index >= 15 is 0 Å². The van der Waals surface area contributed by atoms with Crippen molar-refractivity contribution in [2.24, 2.45) is 9.98 Å². The number of rotatable bonds is 4. The van der Waals surface area contributed by atoms with Crippen molar-refractivity contribution >= 4 is 51.1 Å². The first-order valence-electron chi connectivity index (χ1n) is 5.17. The van der Waals surface area contributed by atoms with Crippen molar-refractivity contribution in [3.05, 3.63) is 45.3 Å². The molecule has 2 rings (SSSR count). The van der Waals surface area contributed by atoms with E-state index in [-0.39, 0.29) is 22.9 Å². The molecule has 1 unspecified atom stereocenters. The highest BCUT2D eigenvalue weighted by Gasteiger charge is 2.25. The van der Waals surface area contributed by atoms with Gasteiger partial charge in [0.05, 0.1) is 11.5 Å². The third kappa shape index (κ3) is 3.80. The Labute approximate surface area is 128 Å². The summed E-state index contributed by atoms with van der Waals surface area (Å²) in [6, 6.07) is 5.76. The zero-order valence-electron chi connectivity index (χ0n) is 9.66. The molecule has 0 aliphatic carbocycles. The summed E-state index contributed by atoms with van der Waals surface area (Å²) in [5, 5.41) is 12.1. The largest absolute Gasteiger partial charge is 0.400 e. The molecule has 0 bridgehead atoms. The quantitative estimate of drug-likeness (QED) is 0.364. The van der Waals surface area contributed by atoms with Gasteiger partial charge >= 0.3 is 0 Å². The molecule has 0 spiro atoms. The second-order valence-electron chi connectivity index (χ2n) is 3.61. The molecule has 106 valence electrons. The number of nitrogens with zero attached hydrogens (tertiary/aromatic N) is 4. The van der Waals surface area contributed by atoms with Crippen molar-refractivity contribution in [1.82, 2.24) is 0 Å². The number of nitro benzene ring substituents is 1. The van der Waals surface area contributed by atoms with Crippen molar-refractivity contribution in [1.29, 1.82) is 0 Å². The predicted molar refractivity (Wildman–Crippen MR) is 76.4 cm³/mol. The Hall–Kier alpha value is -1.41. The van der Waals surface area contributed by atoms with E-state index < -0.39 is 10.2 Å². The van der Waals surface area contributed by atoms with Crippen LogP contribution in [0, 0.1) is 10.1 Å². The van der Waals surface area contributed by atoms with Crippen molar-refractivity contribution in [3.8, 4) is 0 Å². The Morgan fingerprint density at radius 2 is 2.00 bits per heavy atom. The minimum absolute atomic E-state index is 0.0167. The Morgan fingerprint density at radius 3 is 2.55 bits per heavy atom. The third-order valence-corrected chi connectivity index (χ3v) is 2.83. The lowest BCUT2D eigenvalue weighted by molar-refractivity contribution is -0.384. The van der Waals surface area contributed by atoms with Crippen molar-refractivity contribution in [3.63, 3.8) is 0 Å². The monoisotopic (exact) mass is 335 g/mol. The minimum Gasteiger partial charge on any atom is -0.400 e. The van der Waals surface area contributed by atoms with Crippen LogP contribution >= 0.6 is 34.8 Å². The number of benzene rings is 1. The first kappa shape index (κ1) is 15.0. The zero-order valence-corrected chi connectivity index (χ0v) is 11.9. The fraction of sp³-hybridized carbons (Fsp3) is 0.200. The van der Waals surface area contributed by atoms with Gasteiger partial charge in [-0.05, 0) is 17.7 Å². The van der Waals surface area contributed by atoms with Gasteiger partial charge in [-0.15, -0.1) is 0 Å². The van der Waals surface area contributed by atoms with Gasteiger partial charge in [0.2, 0.25) is 0 Å². The van der Waals surface area contributed by atoms with Crippen LogP contribution in [0.15, 0.2) is 34.3 Å². The molecule has 1 aromatic carbocycles. The lowest BCUT2D eigenvalue weighted by Gasteiger charge is -2.33. The number of aliphatic imine (C=N–C) groups is 2. The molecule has 0 saturated carbocycles. The number of hydrogen-bond acceptors (Lipinski definition) is 5. The van der Waals surface area contributed by atoms with E-state index in [1.54, 1.807) is 0 Å². The lowest BCUT2D eigenvalue weighted by Crippen LogP contribution is -2.27. The van der Waals surface area contributed by atoms with Gasteiger partial charge in [0.1, 0.15) is 5.29 Å². The number of alkyl halides is 1. The third-order valence-electron chi connectivity index (χ3n) is 2.21. The van der Waals surface area contributed by atoms with Crippen LogP contribution in [-0.2, 0) is 11.3 Å². The molecule has 1 aliphatic rings. The molecule has 10 heteroatoms. The van der Waals surface area contributed by atoms with Crippen LogP contribution in [0.1, 0.15) is 5.56 Å². The summed E-state index contributed by atoms with van der Waals surface area (Å²) in [5.74, 6) is 0. The first-order valence-corrected chi connectivity index (χ1v) is 6.30. The van der Waals surface area contributed by atoms with Crippen LogP contribution in [0.25, 0.3) is 5.32 Å². The summed E-state index contributed by atoms with van der Waals surface area (Å²) in [6.45, 7) is 0.0167. The topological polar surface area (TPSA) is 91.2 Å². The smallest absolute Gasteiger partial charge is 0.269 e. The first-order chi connectivity index (χ1) is 9.38. The molecule has 0 aromatic heterocycles. The van der Waals surface area contributed by atoms with E-state index in [9.17, 15) is 10.1 Å². The molecule has 0 amide bonds. The van der Waals surface area contributed by atoms with Crippen LogP contribution < -0.4 is 0 Å². The highest BCUT2D eigenvalue weighted by molar-refractivity contribution is 6.74. The standard InChI is InChI=1S/C10H6Cl3N4O3/c11-8-14-9(12)16-10(13,15-8)20-5-6-1-3-7(4-2-6)17(18)19/h1-4H,5H2/q-1. The van der Waals surface area contributed by atoms with Gasteiger partial charge < -0.3 is 15.0 Å². The highest BCUT2D eigenvalue weighted by Crippen LogP contribution is 2.32. The molecule has 1 atom stereocenters. The van der Waals surface area contributed by atoms with Gasteiger partial charge in [0.15, 0.2) is 0 Å². The summed E-state index contributed by atoms with van der Waals surface area (Å²) in [6.07, 6.45) is 0. The van der Waals surface area contributed by atoms with Crippen molar-refractivity contribution < 1.29 is 9.66 Å². The van der Waals surface area contributed by atoms with E-state index in [2.05, 4.69) is 15.3 Å². The van der Waals surface area contributed by atoms with E-state index in [0.29, 0.717) is 5.56 Å². The van der Waals surface area contributed by atoms with Crippen molar-refractivity contribution in [2.75, 3.05) is 0 Å². The van der Waals surface area contributed by atoms with Crippen LogP contribution in [0.4, 0.5) is 5.69 Å². The van der Waals surface area contributed by atoms with Gasteiger partial charge in [-0.1, -0.05) is 34.8 Å². The lowest BCUT2D eigenvalue weighted by atomic mass is 10.2. The normalized spacial score (nSPS) is 21.8. The van der Waals surface area contributed by atoms with Crippen LogP contribution in [0.3, 0.4) is 0 Å². The number of halogens is 3. The molecular formula is C10H6Cl3N4O3-. The van der Waals surface area contributed by atoms with Gasteiger partial charge in [-0.25, -0.2) is 4.99 Å². The molecule has 1 aromatic rings. The predicted octanol–water partition coefficient (Wildman–Crippen LogP) is 3.54. The van der Waals surface area contributed by atoms with Gasteiger partial charge in [-0.3, -0.25) is 10.1 Å². The molecular weight excluding hydrogens is 330 g/mol.